The predicted octanol–water partition coefficient (Wildman–Crippen LogP) is 1.49. The molecule has 6 rings (SSSR count). The standard InChI is InChI=1S/C31H32O13/c1-39-20-9-14(6-7-32)21-18-12-41-19-11-16(42-31-25(36)23(34)24(35)29(44-31)30(37)38)10-17(13-4-3-5-15(33)8-13)22(19)26(18)43-28(21)27(20)40-2/h3-5,8-11,18,23-26,29,31-36H,6-7,12H2,1-2H3,(H,37,38)/t18-,23-,24-,25+,26-,29-,31-/m0/s1. The molecule has 0 bridgehead atoms. The van der Waals surface area contributed by atoms with Crippen molar-refractivity contribution < 1.29 is 63.9 Å². The van der Waals surface area contributed by atoms with Crippen molar-refractivity contribution in [3.05, 3.63) is 59.2 Å². The molecule has 6 N–H and O–H groups in total. The number of aromatic hydroxyl groups is 1. The lowest BCUT2D eigenvalue weighted by atomic mass is 9.83. The van der Waals surface area contributed by atoms with Crippen LogP contribution in [-0.2, 0) is 16.0 Å². The third-order valence-corrected chi connectivity index (χ3v) is 8.15. The Balaban J connectivity index is 1.45. The van der Waals surface area contributed by atoms with E-state index in [2.05, 4.69) is 0 Å². The van der Waals surface area contributed by atoms with Crippen LogP contribution in [0.4, 0.5) is 0 Å². The Morgan fingerprint density at radius 3 is 2.48 bits per heavy atom. The number of aliphatic hydroxyl groups is 4. The molecule has 0 saturated carbocycles. The second-order valence-corrected chi connectivity index (χ2v) is 10.7. The Morgan fingerprint density at radius 2 is 1.80 bits per heavy atom. The zero-order valence-corrected chi connectivity index (χ0v) is 23.7. The van der Waals surface area contributed by atoms with Crippen LogP contribution in [-0.4, -0.2) is 94.7 Å². The molecule has 0 unspecified atom stereocenters. The molecule has 0 amide bonds. The van der Waals surface area contributed by atoms with Crippen LogP contribution >= 0.6 is 0 Å². The average Bonchev–Trinajstić information content (AvgIpc) is 3.40. The van der Waals surface area contributed by atoms with Gasteiger partial charge in [0.15, 0.2) is 17.6 Å². The lowest BCUT2D eigenvalue weighted by Crippen LogP contribution is -2.61. The number of aliphatic hydroxyl groups excluding tert-OH is 4. The van der Waals surface area contributed by atoms with Crippen molar-refractivity contribution in [1.29, 1.82) is 0 Å². The maximum absolute atomic E-state index is 11.6. The predicted molar refractivity (Wildman–Crippen MR) is 150 cm³/mol. The van der Waals surface area contributed by atoms with Gasteiger partial charge in [0.05, 0.1) is 26.7 Å². The van der Waals surface area contributed by atoms with Gasteiger partial charge in [0.25, 0.3) is 0 Å². The summed E-state index contributed by atoms with van der Waals surface area (Å²) >= 11 is 0. The number of hydrogen-bond donors (Lipinski definition) is 6. The molecule has 13 heteroatoms. The van der Waals surface area contributed by atoms with Crippen LogP contribution in [0.5, 0.6) is 34.5 Å². The molecule has 1 saturated heterocycles. The fraction of sp³-hybridized carbons (Fsp3) is 0.387. The monoisotopic (exact) mass is 612 g/mol. The number of phenols is 1. The first kappa shape index (κ1) is 29.8. The molecule has 7 atom stereocenters. The largest absolute Gasteiger partial charge is 0.508 e. The number of carbonyl (C=O) groups is 1. The molecule has 0 spiro atoms. The zero-order chi connectivity index (χ0) is 31.3. The summed E-state index contributed by atoms with van der Waals surface area (Å²) in [5.74, 6) is -0.0922. The lowest BCUT2D eigenvalue weighted by Gasteiger charge is -2.38. The van der Waals surface area contributed by atoms with Gasteiger partial charge >= 0.3 is 5.97 Å². The van der Waals surface area contributed by atoms with Gasteiger partial charge in [-0.25, -0.2) is 4.79 Å². The van der Waals surface area contributed by atoms with E-state index in [0.29, 0.717) is 46.1 Å². The van der Waals surface area contributed by atoms with Gasteiger partial charge in [0, 0.05) is 23.8 Å². The summed E-state index contributed by atoms with van der Waals surface area (Å²) in [6, 6.07) is 11.4. The number of methoxy groups -OCH3 is 2. The summed E-state index contributed by atoms with van der Waals surface area (Å²) in [5, 5.41) is 60.4. The smallest absolute Gasteiger partial charge is 0.335 e. The van der Waals surface area contributed by atoms with Crippen molar-refractivity contribution in [2.75, 3.05) is 27.4 Å². The molecule has 234 valence electrons. The topological polar surface area (TPSA) is 194 Å². The Hall–Kier alpha value is -4.27. The second kappa shape index (κ2) is 11.7. The number of benzene rings is 3. The fourth-order valence-corrected chi connectivity index (χ4v) is 6.13. The minimum Gasteiger partial charge on any atom is -0.508 e. The zero-order valence-electron chi connectivity index (χ0n) is 23.7. The van der Waals surface area contributed by atoms with E-state index in [1.807, 2.05) is 6.07 Å². The Morgan fingerprint density at radius 1 is 1.00 bits per heavy atom. The Bertz CT molecular complexity index is 1570. The molecule has 3 aromatic carbocycles. The third kappa shape index (κ3) is 4.92. The minimum atomic E-state index is -1.87. The second-order valence-electron chi connectivity index (χ2n) is 10.7. The minimum absolute atomic E-state index is 0.00411. The maximum atomic E-state index is 11.6. The van der Waals surface area contributed by atoms with Gasteiger partial charge in [-0.05, 0) is 47.4 Å². The van der Waals surface area contributed by atoms with Gasteiger partial charge in [-0.3, -0.25) is 0 Å². The summed E-state index contributed by atoms with van der Waals surface area (Å²) in [6.07, 6.45) is -9.23. The first-order chi connectivity index (χ1) is 21.2. The molecule has 0 radical (unpaired) electrons. The molecule has 1 fully saturated rings. The molecular weight excluding hydrogens is 580 g/mol. The molecule has 0 aliphatic carbocycles. The third-order valence-electron chi connectivity index (χ3n) is 8.15. The van der Waals surface area contributed by atoms with E-state index in [0.717, 1.165) is 11.1 Å². The van der Waals surface area contributed by atoms with E-state index in [1.165, 1.54) is 26.4 Å². The van der Waals surface area contributed by atoms with Crippen LogP contribution in [0.1, 0.15) is 28.7 Å². The first-order valence-electron chi connectivity index (χ1n) is 13.9. The van der Waals surface area contributed by atoms with Gasteiger partial charge in [-0.15, -0.1) is 0 Å². The van der Waals surface area contributed by atoms with Crippen molar-refractivity contribution >= 4 is 5.97 Å². The van der Waals surface area contributed by atoms with E-state index < -0.39 is 42.8 Å². The lowest BCUT2D eigenvalue weighted by molar-refractivity contribution is -0.271. The number of carboxylic acids is 1. The number of rotatable bonds is 8. The van der Waals surface area contributed by atoms with E-state index >= 15 is 0 Å². The molecule has 0 aromatic heterocycles. The summed E-state index contributed by atoms with van der Waals surface area (Å²) in [4.78, 5) is 11.6. The summed E-state index contributed by atoms with van der Waals surface area (Å²) in [6.45, 7) is 0.0750. The van der Waals surface area contributed by atoms with Gasteiger partial charge in [-0.2, -0.15) is 0 Å². The molecule has 44 heavy (non-hydrogen) atoms. The average molecular weight is 613 g/mol. The fourth-order valence-electron chi connectivity index (χ4n) is 6.13. The SMILES string of the molecule is COc1cc(CCO)c2c(c1OC)O[C@@H]1c3c(cc(O[C@H]4O[C@H](C(=O)O)[C@@H](O)[C@H](O)[C@H]4O)cc3-c3cccc(O)c3)OC[C@@H]21. The number of ether oxygens (including phenoxy) is 6. The van der Waals surface area contributed by atoms with Crippen LogP contribution in [0.25, 0.3) is 11.1 Å². The Labute approximate surface area is 251 Å². The van der Waals surface area contributed by atoms with Gasteiger partial charge in [0.2, 0.25) is 12.0 Å². The first-order valence-corrected chi connectivity index (χ1v) is 13.9. The van der Waals surface area contributed by atoms with E-state index in [9.17, 15) is 35.4 Å². The molecule has 13 nitrogen and oxygen atoms in total. The molecule has 3 aromatic rings. The summed E-state index contributed by atoms with van der Waals surface area (Å²) in [7, 11) is 3.02. The van der Waals surface area contributed by atoms with Crippen LogP contribution in [0, 0.1) is 0 Å². The van der Waals surface area contributed by atoms with Gasteiger partial charge < -0.3 is 59.1 Å². The van der Waals surface area contributed by atoms with Crippen LogP contribution in [0.3, 0.4) is 0 Å². The highest BCUT2D eigenvalue weighted by atomic mass is 16.7. The molecular formula is C31H32O13. The van der Waals surface area contributed by atoms with Crippen molar-refractivity contribution in [2.24, 2.45) is 0 Å². The van der Waals surface area contributed by atoms with Crippen LogP contribution in [0.2, 0.25) is 0 Å². The van der Waals surface area contributed by atoms with Crippen LogP contribution < -0.4 is 23.7 Å². The highest BCUT2D eigenvalue weighted by molar-refractivity contribution is 5.76. The van der Waals surface area contributed by atoms with Crippen molar-refractivity contribution in [3.8, 4) is 45.6 Å². The van der Waals surface area contributed by atoms with E-state index in [4.69, 9.17) is 28.4 Å². The highest BCUT2D eigenvalue weighted by Crippen LogP contribution is 2.59. The summed E-state index contributed by atoms with van der Waals surface area (Å²) < 4.78 is 35.2. The van der Waals surface area contributed by atoms with Gasteiger partial charge in [-0.1, -0.05) is 12.1 Å². The van der Waals surface area contributed by atoms with Crippen molar-refractivity contribution in [2.45, 2.75) is 49.1 Å². The number of aliphatic carboxylic acids is 1. The normalized spacial score (nSPS) is 26.8. The number of phenolic OH excluding ortho intramolecular Hbond substituents is 1. The highest BCUT2D eigenvalue weighted by Gasteiger charge is 2.49. The maximum Gasteiger partial charge on any atom is 0.335 e. The van der Waals surface area contributed by atoms with E-state index in [1.54, 1.807) is 24.3 Å². The Kier molecular flexibility index (Phi) is 7.90. The number of hydrogen-bond acceptors (Lipinski definition) is 12. The van der Waals surface area contributed by atoms with E-state index in [-0.39, 0.29) is 30.6 Å². The number of fused-ring (bicyclic) bond motifs is 5. The van der Waals surface area contributed by atoms with Crippen molar-refractivity contribution in [3.63, 3.8) is 0 Å². The summed E-state index contributed by atoms with van der Waals surface area (Å²) in [5.41, 5.74) is 3.36. The molecule has 3 aliphatic rings. The number of carboxylic acid groups (broad SMARTS) is 1. The van der Waals surface area contributed by atoms with Crippen LogP contribution in [0.15, 0.2) is 42.5 Å². The molecule has 3 heterocycles. The molecule has 3 aliphatic heterocycles. The quantitative estimate of drug-likeness (QED) is 0.214. The van der Waals surface area contributed by atoms with Gasteiger partial charge in [0.1, 0.15) is 41.7 Å². The van der Waals surface area contributed by atoms with Crippen molar-refractivity contribution in [1.82, 2.24) is 0 Å².